The maximum absolute atomic E-state index is 9.72. The summed E-state index contributed by atoms with van der Waals surface area (Å²) in [6.45, 7) is 1.29. The summed E-state index contributed by atoms with van der Waals surface area (Å²) >= 11 is 0. The number of aliphatic hydroxyl groups is 1. The van der Waals surface area contributed by atoms with E-state index < -0.39 is 0 Å². The van der Waals surface area contributed by atoms with Crippen molar-refractivity contribution >= 4 is 0 Å². The molecule has 96 valence electrons. The standard InChI is InChI=1S/C14H18N2O2/c1-18-14-6-10(2-3-12(14)7-15)8-16-9-13(17)11-4-5-11/h2-3,6,11,13,16-17H,4-5,8-9H2,1H3. The molecule has 2 N–H and O–H groups in total. The van der Waals surface area contributed by atoms with Gasteiger partial charge in [-0.3, -0.25) is 0 Å². The third-order valence-electron chi connectivity index (χ3n) is 3.24. The molecule has 2 rings (SSSR count). The highest BCUT2D eigenvalue weighted by atomic mass is 16.5. The second kappa shape index (κ2) is 5.85. The van der Waals surface area contributed by atoms with Crippen molar-refractivity contribution < 1.29 is 9.84 Å². The number of ether oxygens (including phenoxy) is 1. The van der Waals surface area contributed by atoms with Crippen LogP contribution in [0.2, 0.25) is 0 Å². The Balaban J connectivity index is 1.87. The Morgan fingerprint density at radius 2 is 2.33 bits per heavy atom. The van der Waals surface area contributed by atoms with Crippen molar-refractivity contribution in [3.63, 3.8) is 0 Å². The first-order chi connectivity index (χ1) is 8.74. The van der Waals surface area contributed by atoms with Gasteiger partial charge in [0, 0.05) is 13.1 Å². The lowest BCUT2D eigenvalue weighted by molar-refractivity contribution is 0.148. The molecule has 0 amide bonds. The van der Waals surface area contributed by atoms with Gasteiger partial charge < -0.3 is 15.2 Å². The smallest absolute Gasteiger partial charge is 0.136 e. The molecule has 0 spiro atoms. The first-order valence-corrected chi connectivity index (χ1v) is 6.20. The average Bonchev–Trinajstić information content (AvgIpc) is 3.22. The van der Waals surface area contributed by atoms with Crippen LogP contribution in [0.5, 0.6) is 5.75 Å². The van der Waals surface area contributed by atoms with E-state index in [2.05, 4.69) is 11.4 Å². The number of nitriles is 1. The number of hydrogen-bond acceptors (Lipinski definition) is 4. The second-order valence-electron chi connectivity index (χ2n) is 4.68. The quantitative estimate of drug-likeness (QED) is 0.797. The molecule has 1 aliphatic rings. The molecule has 1 saturated carbocycles. The zero-order chi connectivity index (χ0) is 13.0. The first-order valence-electron chi connectivity index (χ1n) is 6.20. The largest absolute Gasteiger partial charge is 0.495 e. The van der Waals surface area contributed by atoms with E-state index in [4.69, 9.17) is 10.00 Å². The molecular formula is C14H18N2O2. The SMILES string of the molecule is COc1cc(CNCC(O)C2CC2)ccc1C#N. The number of rotatable bonds is 6. The number of aliphatic hydroxyl groups excluding tert-OH is 1. The number of methoxy groups -OCH3 is 1. The number of nitrogens with one attached hydrogen (secondary N) is 1. The van der Waals surface area contributed by atoms with Crippen molar-refractivity contribution in [2.45, 2.75) is 25.5 Å². The van der Waals surface area contributed by atoms with Gasteiger partial charge in [0.05, 0.1) is 18.8 Å². The fraction of sp³-hybridized carbons (Fsp3) is 0.500. The predicted molar refractivity (Wildman–Crippen MR) is 68.1 cm³/mol. The van der Waals surface area contributed by atoms with E-state index in [1.807, 2.05) is 12.1 Å². The van der Waals surface area contributed by atoms with Crippen molar-refractivity contribution in [2.75, 3.05) is 13.7 Å². The lowest BCUT2D eigenvalue weighted by Crippen LogP contribution is -2.27. The zero-order valence-corrected chi connectivity index (χ0v) is 10.5. The summed E-state index contributed by atoms with van der Waals surface area (Å²) in [6, 6.07) is 7.60. The van der Waals surface area contributed by atoms with Gasteiger partial charge in [-0.2, -0.15) is 5.26 Å². The molecule has 1 atom stereocenters. The van der Waals surface area contributed by atoms with Crippen LogP contribution in [0.15, 0.2) is 18.2 Å². The average molecular weight is 246 g/mol. The number of benzene rings is 1. The minimum Gasteiger partial charge on any atom is -0.495 e. The Hall–Kier alpha value is -1.57. The summed E-state index contributed by atoms with van der Waals surface area (Å²) in [7, 11) is 1.56. The molecule has 4 heteroatoms. The van der Waals surface area contributed by atoms with Crippen molar-refractivity contribution in [1.29, 1.82) is 5.26 Å². The molecular weight excluding hydrogens is 228 g/mol. The molecule has 0 bridgehead atoms. The summed E-state index contributed by atoms with van der Waals surface area (Å²) in [5, 5.41) is 21.8. The Bertz CT molecular complexity index is 450. The molecule has 0 radical (unpaired) electrons. The van der Waals surface area contributed by atoms with E-state index in [0.717, 1.165) is 18.4 Å². The van der Waals surface area contributed by atoms with E-state index in [1.54, 1.807) is 13.2 Å². The van der Waals surface area contributed by atoms with Gasteiger partial charge in [-0.1, -0.05) is 6.07 Å². The molecule has 1 unspecified atom stereocenters. The number of nitrogens with zero attached hydrogens (tertiary/aromatic N) is 1. The lowest BCUT2D eigenvalue weighted by atomic mass is 10.1. The molecule has 1 aromatic rings. The van der Waals surface area contributed by atoms with Crippen molar-refractivity contribution in [1.82, 2.24) is 5.32 Å². The summed E-state index contributed by atoms with van der Waals surface area (Å²) in [4.78, 5) is 0. The Labute approximate surface area is 107 Å². The third kappa shape index (κ3) is 3.22. The predicted octanol–water partition coefficient (Wildman–Crippen LogP) is 1.43. The van der Waals surface area contributed by atoms with Crippen molar-refractivity contribution in [3.05, 3.63) is 29.3 Å². The Kier molecular flexibility index (Phi) is 4.19. The molecule has 18 heavy (non-hydrogen) atoms. The van der Waals surface area contributed by atoms with Gasteiger partial charge in [0.15, 0.2) is 0 Å². The van der Waals surface area contributed by atoms with Gasteiger partial charge in [0.1, 0.15) is 11.8 Å². The zero-order valence-electron chi connectivity index (χ0n) is 10.5. The monoisotopic (exact) mass is 246 g/mol. The van der Waals surface area contributed by atoms with Crippen LogP contribution >= 0.6 is 0 Å². The summed E-state index contributed by atoms with van der Waals surface area (Å²) < 4.78 is 5.15. The molecule has 0 aromatic heterocycles. The van der Waals surface area contributed by atoms with Crippen LogP contribution in [0.3, 0.4) is 0 Å². The summed E-state index contributed by atoms with van der Waals surface area (Å²) in [5.41, 5.74) is 1.59. The van der Waals surface area contributed by atoms with Gasteiger partial charge in [0.25, 0.3) is 0 Å². The molecule has 0 saturated heterocycles. The van der Waals surface area contributed by atoms with E-state index in [1.165, 1.54) is 0 Å². The molecule has 1 aliphatic carbocycles. The topological polar surface area (TPSA) is 65.3 Å². The maximum Gasteiger partial charge on any atom is 0.136 e. The maximum atomic E-state index is 9.72. The van der Waals surface area contributed by atoms with Crippen LogP contribution in [0.25, 0.3) is 0 Å². The van der Waals surface area contributed by atoms with Crippen LogP contribution in [0.1, 0.15) is 24.0 Å². The van der Waals surface area contributed by atoms with Crippen molar-refractivity contribution in [2.24, 2.45) is 5.92 Å². The van der Waals surface area contributed by atoms with E-state index in [9.17, 15) is 5.11 Å². The minimum atomic E-state index is -0.231. The number of hydrogen-bond donors (Lipinski definition) is 2. The van der Waals surface area contributed by atoms with Gasteiger partial charge in [-0.25, -0.2) is 0 Å². The minimum absolute atomic E-state index is 0.231. The van der Waals surface area contributed by atoms with Crippen LogP contribution in [-0.2, 0) is 6.54 Å². The van der Waals surface area contributed by atoms with Crippen LogP contribution in [0.4, 0.5) is 0 Å². The van der Waals surface area contributed by atoms with E-state index in [-0.39, 0.29) is 6.10 Å². The first kappa shape index (κ1) is 12.9. The summed E-state index contributed by atoms with van der Waals surface area (Å²) in [5.74, 6) is 1.09. The Morgan fingerprint density at radius 3 is 2.94 bits per heavy atom. The lowest BCUT2D eigenvalue weighted by Gasteiger charge is -2.11. The fourth-order valence-corrected chi connectivity index (χ4v) is 1.95. The molecule has 0 heterocycles. The highest BCUT2D eigenvalue weighted by molar-refractivity contribution is 5.45. The highest BCUT2D eigenvalue weighted by Gasteiger charge is 2.28. The van der Waals surface area contributed by atoms with Crippen molar-refractivity contribution in [3.8, 4) is 11.8 Å². The normalized spacial score (nSPS) is 16.1. The van der Waals surface area contributed by atoms with E-state index >= 15 is 0 Å². The van der Waals surface area contributed by atoms with Gasteiger partial charge in [0.2, 0.25) is 0 Å². The van der Waals surface area contributed by atoms with Gasteiger partial charge in [-0.05, 0) is 36.5 Å². The molecule has 0 aliphatic heterocycles. The van der Waals surface area contributed by atoms with E-state index in [0.29, 0.717) is 30.3 Å². The molecule has 1 fully saturated rings. The molecule has 4 nitrogen and oxygen atoms in total. The van der Waals surface area contributed by atoms with Crippen LogP contribution in [-0.4, -0.2) is 24.9 Å². The third-order valence-corrected chi connectivity index (χ3v) is 3.24. The van der Waals surface area contributed by atoms with Gasteiger partial charge >= 0.3 is 0 Å². The van der Waals surface area contributed by atoms with Gasteiger partial charge in [-0.15, -0.1) is 0 Å². The highest BCUT2D eigenvalue weighted by Crippen LogP contribution is 2.32. The molecule has 1 aromatic carbocycles. The summed E-state index contributed by atoms with van der Waals surface area (Å²) in [6.07, 6.45) is 2.06. The second-order valence-corrected chi connectivity index (χ2v) is 4.68. The fourth-order valence-electron chi connectivity index (χ4n) is 1.95. The van der Waals surface area contributed by atoms with Crippen LogP contribution < -0.4 is 10.1 Å². The van der Waals surface area contributed by atoms with Crippen LogP contribution in [0, 0.1) is 17.2 Å². The Morgan fingerprint density at radius 1 is 1.56 bits per heavy atom.